The number of nitrogens with one attached hydrogen (secondary N) is 1. The molecule has 3 nitrogen and oxygen atoms in total. The molecule has 4 heteroatoms. The third kappa shape index (κ3) is 2.02. The molecule has 0 saturated carbocycles. The average molecular weight is 279 g/mol. The Morgan fingerprint density at radius 3 is 2.90 bits per heavy atom. The molecule has 1 N–H and O–H groups in total. The first kappa shape index (κ1) is 11.7. The molecule has 1 aliphatic rings. The second-order valence-corrected chi connectivity index (χ2v) is 5.78. The number of fused-ring (bicyclic) bond motifs is 3. The third-order valence-electron chi connectivity index (χ3n) is 3.48. The zero-order chi connectivity index (χ0) is 13.4. The van der Waals surface area contributed by atoms with Crippen molar-refractivity contribution in [3.05, 3.63) is 65.6 Å². The molecule has 20 heavy (non-hydrogen) atoms. The van der Waals surface area contributed by atoms with Crippen LogP contribution in [0.15, 0.2) is 53.8 Å². The molecule has 0 bridgehead atoms. The van der Waals surface area contributed by atoms with Crippen LogP contribution >= 0.6 is 11.8 Å². The van der Waals surface area contributed by atoms with Crippen molar-refractivity contribution in [2.75, 3.05) is 0 Å². The lowest BCUT2D eigenvalue weighted by Gasteiger charge is -1.99. The fourth-order valence-corrected chi connectivity index (χ4v) is 3.33. The van der Waals surface area contributed by atoms with Crippen LogP contribution in [0.25, 0.3) is 11.3 Å². The van der Waals surface area contributed by atoms with Gasteiger partial charge in [0.25, 0.3) is 0 Å². The van der Waals surface area contributed by atoms with E-state index >= 15 is 0 Å². The van der Waals surface area contributed by atoms with Crippen molar-refractivity contribution >= 4 is 11.8 Å². The van der Waals surface area contributed by atoms with Gasteiger partial charge in [-0.2, -0.15) is 0 Å². The molecule has 0 aliphatic heterocycles. The molecule has 0 radical (unpaired) electrons. The van der Waals surface area contributed by atoms with Gasteiger partial charge in [0.15, 0.2) is 5.16 Å². The minimum absolute atomic E-state index is 0.842. The summed E-state index contributed by atoms with van der Waals surface area (Å²) in [5.41, 5.74) is 6.05. The Bertz CT molecular complexity index is 749. The Hall–Kier alpha value is -2.07. The summed E-state index contributed by atoms with van der Waals surface area (Å²) in [5, 5.41) is 0.982. The molecule has 0 amide bonds. The maximum Gasteiger partial charge on any atom is 0.166 e. The number of imidazole rings is 1. The first-order valence-electron chi connectivity index (χ1n) is 6.60. The first-order valence-corrected chi connectivity index (χ1v) is 7.58. The van der Waals surface area contributed by atoms with E-state index < -0.39 is 0 Å². The fourth-order valence-electron chi connectivity index (χ4n) is 2.53. The van der Waals surface area contributed by atoms with Gasteiger partial charge in [0, 0.05) is 29.6 Å². The predicted octanol–water partition coefficient (Wildman–Crippen LogP) is 3.67. The van der Waals surface area contributed by atoms with Crippen LogP contribution in [-0.4, -0.2) is 15.0 Å². The summed E-state index contributed by atoms with van der Waals surface area (Å²) in [5.74, 6) is 0.842. The highest BCUT2D eigenvalue weighted by Gasteiger charge is 2.22. The number of benzene rings is 1. The van der Waals surface area contributed by atoms with Crippen molar-refractivity contribution in [3.63, 3.8) is 0 Å². The number of hydrogen-bond acceptors (Lipinski definition) is 3. The molecule has 4 rings (SSSR count). The van der Waals surface area contributed by atoms with E-state index in [2.05, 4.69) is 34.2 Å². The van der Waals surface area contributed by atoms with Crippen LogP contribution in [0, 0.1) is 0 Å². The van der Waals surface area contributed by atoms with E-state index in [-0.39, 0.29) is 0 Å². The van der Waals surface area contributed by atoms with Crippen LogP contribution in [-0.2, 0) is 12.2 Å². The minimum atomic E-state index is 0.842. The van der Waals surface area contributed by atoms with Gasteiger partial charge in [-0.1, -0.05) is 42.1 Å². The van der Waals surface area contributed by atoms with Gasteiger partial charge < -0.3 is 4.98 Å². The molecule has 0 fully saturated rings. The maximum absolute atomic E-state index is 4.73. The molecule has 1 aliphatic carbocycles. The topological polar surface area (TPSA) is 41.6 Å². The molecular formula is C16H13N3S. The lowest BCUT2D eigenvalue weighted by molar-refractivity contribution is 1.01. The first-order chi connectivity index (χ1) is 9.90. The molecular weight excluding hydrogens is 266 g/mol. The summed E-state index contributed by atoms with van der Waals surface area (Å²) in [7, 11) is 0. The molecule has 0 saturated heterocycles. The quantitative estimate of drug-likeness (QED) is 0.582. The lowest BCUT2D eigenvalue weighted by Crippen LogP contribution is -1.87. The number of hydrogen-bond donors (Lipinski definition) is 1. The SMILES string of the molecule is c1ccc(CSc2nc3c([nH]2)Cc2ccccc2-3)nc1. The lowest BCUT2D eigenvalue weighted by atomic mass is 10.1. The number of aromatic amines is 1. The predicted molar refractivity (Wildman–Crippen MR) is 80.6 cm³/mol. The molecule has 0 spiro atoms. The van der Waals surface area contributed by atoms with Crippen molar-refractivity contribution in [1.29, 1.82) is 0 Å². The second-order valence-electron chi connectivity index (χ2n) is 4.81. The molecule has 2 aromatic heterocycles. The Labute approximate surface area is 121 Å². The zero-order valence-electron chi connectivity index (χ0n) is 10.8. The van der Waals surface area contributed by atoms with E-state index in [0.717, 1.165) is 28.7 Å². The summed E-state index contributed by atoms with van der Waals surface area (Å²) in [6.07, 6.45) is 2.79. The number of aromatic nitrogens is 3. The summed E-state index contributed by atoms with van der Waals surface area (Å²) in [4.78, 5) is 12.5. The monoisotopic (exact) mass is 279 g/mol. The van der Waals surface area contributed by atoms with E-state index in [1.807, 2.05) is 24.4 Å². The van der Waals surface area contributed by atoms with Crippen LogP contribution in [0.2, 0.25) is 0 Å². The van der Waals surface area contributed by atoms with Crippen LogP contribution in [0.1, 0.15) is 17.0 Å². The Morgan fingerprint density at radius 2 is 2.00 bits per heavy atom. The summed E-state index contributed by atoms with van der Waals surface area (Å²) in [6, 6.07) is 14.5. The Balaban J connectivity index is 1.56. The van der Waals surface area contributed by atoms with E-state index in [1.165, 1.54) is 16.8 Å². The smallest absolute Gasteiger partial charge is 0.166 e. The number of nitrogens with zero attached hydrogens (tertiary/aromatic N) is 2. The van der Waals surface area contributed by atoms with Crippen molar-refractivity contribution in [1.82, 2.24) is 15.0 Å². The van der Waals surface area contributed by atoms with E-state index in [1.54, 1.807) is 11.8 Å². The van der Waals surface area contributed by atoms with Gasteiger partial charge in [-0.05, 0) is 17.7 Å². The van der Waals surface area contributed by atoms with Gasteiger partial charge in [0.2, 0.25) is 0 Å². The van der Waals surface area contributed by atoms with E-state index in [9.17, 15) is 0 Å². The normalized spacial score (nSPS) is 12.2. The molecule has 98 valence electrons. The van der Waals surface area contributed by atoms with Crippen molar-refractivity contribution < 1.29 is 0 Å². The molecule has 0 unspecified atom stereocenters. The minimum Gasteiger partial charge on any atom is -0.336 e. The fraction of sp³-hybridized carbons (Fsp3) is 0.125. The molecule has 1 aromatic carbocycles. The van der Waals surface area contributed by atoms with E-state index in [0.29, 0.717) is 0 Å². The second kappa shape index (κ2) is 4.80. The van der Waals surface area contributed by atoms with Crippen molar-refractivity contribution in [2.45, 2.75) is 17.3 Å². The number of pyridine rings is 1. The number of H-pyrrole nitrogens is 1. The highest BCUT2D eigenvalue weighted by Crippen LogP contribution is 2.36. The van der Waals surface area contributed by atoms with Crippen molar-refractivity contribution in [3.8, 4) is 11.3 Å². The molecule has 3 aromatic rings. The van der Waals surface area contributed by atoms with Crippen LogP contribution < -0.4 is 0 Å². The maximum atomic E-state index is 4.73. The summed E-state index contributed by atoms with van der Waals surface area (Å²) < 4.78 is 0. The van der Waals surface area contributed by atoms with Crippen LogP contribution in [0.3, 0.4) is 0 Å². The van der Waals surface area contributed by atoms with Gasteiger partial charge in [-0.25, -0.2) is 4.98 Å². The van der Waals surface area contributed by atoms with E-state index in [4.69, 9.17) is 4.98 Å². The molecule has 0 atom stereocenters. The van der Waals surface area contributed by atoms with Gasteiger partial charge >= 0.3 is 0 Å². The average Bonchev–Trinajstić information content (AvgIpc) is 3.03. The van der Waals surface area contributed by atoms with Crippen LogP contribution in [0.5, 0.6) is 0 Å². The van der Waals surface area contributed by atoms with Crippen LogP contribution in [0.4, 0.5) is 0 Å². The summed E-state index contributed by atoms with van der Waals surface area (Å²) in [6.45, 7) is 0. The standard InChI is InChI=1S/C16H13N3S/c1-2-7-13-11(5-1)9-14-15(13)19-16(18-14)20-10-12-6-3-4-8-17-12/h1-8H,9-10H2,(H,18,19). The highest BCUT2D eigenvalue weighted by atomic mass is 32.2. The van der Waals surface area contributed by atoms with Gasteiger partial charge in [0.05, 0.1) is 11.4 Å². The zero-order valence-corrected chi connectivity index (χ0v) is 11.7. The van der Waals surface area contributed by atoms with Gasteiger partial charge in [-0.15, -0.1) is 0 Å². The van der Waals surface area contributed by atoms with Gasteiger partial charge in [0.1, 0.15) is 0 Å². The highest BCUT2D eigenvalue weighted by molar-refractivity contribution is 7.98. The summed E-state index contributed by atoms with van der Waals surface area (Å²) >= 11 is 1.70. The van der Waals surface area contributed by atoms with Crippen molar-refractivity contribution in [2.24, 2.45) is 0 Å². The number of thioether (sulfide) groups is 1. The Morgan fingerprint density at radius 1 is 1.10 bits per heavy atom. The molecule has 2 heterocycles. The van der Waals surface area contributed by atoms with Gasteiger partial charge in [-0.3, -0.25) is 4.98 Å². The largest absolute Gasteiger partial charge is 0.336 e. The Kier molecular flexibility index (Phi) is 2.81. The number of rotatable bonds is 3. The third-order valence-corrected chi connectivity index (χ3v) is 4.39.